The van der Waals surface area contributed by atoms with Gasteiger partial charge in [0.1, 0.15) is 0 Å². The van der Waals surface area contributed by atoms with Gasteiger partial charge >= 0.3 is 0 Å². The quantitative estimate of drug-likeness (QED) is 0.872. The first kappa shape index (κ1) is 14.9. The standard InChI is InChI=1S/C18H18N2O.ClH/c21-18(20-11-13-5-1-2-6-14(13)12-20)16-7-3-9-17-15(16)8-4-10-19-17;/h1-3,5-7,9,19H,4,8,10-12H2;1H. The van der Waals surface area contributed by atoms with Crippen molar-refractivity contribution in [2.45, 2.75) is 25.9 Å². The molecule has 0 atom stereocenters. The largest absolute Gasteiger partial charge is 0.385 e. The summed E-state index contributed by atoms with van der Waals surface area (Å²) in [6.45, 7) is 2.46. The number of carbonyl (C=O) groups excluding carboxylic acids is 1. The van der Waals surface area contributed by atoms with E-state index in [-0.39, 0.29) is 18.3 Å². The summed E-state index contributed by atoms with van der Waals surface area (Å²) < 4.78 is 0. The molecule has 2 aliphatic rings. The molecule has 2 aromatic carbocycles. The molecule has 4 rings (SSSR count). The Hall–Kier alpha value is -2.00. The number of amides is 1. The van der Waals surface area contributed by atoms with Crippen molar-refractivity contribution in [3.05, 3.63) is 64.7 Å². The van der Waals surface area contributed by atoms with Crippen molar-refractivity contribution in [1.82, 2.24) is 4.90 Å². The molecule has 0 aromatic heterocycles. The Morgan fingerprint density at radius 2 is 1.73 bits per heavy atom. The van der Waals surface area contributed by atoms with Gasteiger partial charge in [0.2, 0.25) is 0 Å². The molecule has 2 heterocycles. The highest BCUT2D eigenvalue weighted by atomic mass is 35.5. The van der Waals surface area contributed by atoms with Gasteiger partial charge in [-0.2, -0.15) is 0 Å². The third-order valence-electron chi connectivity index (χ3n) is 4.45. The Bertz CT molecular complexity index is 689. The minimum Gasteiger partial charge on any atom is -0.385 e. The summed E-state index contributed by atoms with van der Waals surface area (Å²) in [5.74, 6) is 0.159. The fourth-order valence-corrected chi connectivity index (χ4v) is 3.36. The maximum atomic E-state index is 12.9. The second-order valence-electron chi connectivity index (χ2n) is 5.79. The normalized spacial score (nSPS) is 15.4. The van der Waals surface area contributed by atoms with Crippen molar-refractivity contribution in [1.29, 1.82) is 0 Å². The molecule has 0 aliphatic carbocycles. The second kappa shape index (κ2) is 6.01. The van der Waals surface area contributed by atoms with E-state index in [1.54, 1.807) is 0 Å². The molecule has 0 saturated carbocycles. The van der Waals surface area contributed by atoms with E-state index in [9.17, 15) is 4.79 Å². The third-order valence-corrected chi connectivity index (χ3v) is 4.45. The van der Waals surface area contributed by atoms with Crippen molar-refractivity contribution in [2.24, 2.45) is 0 Å². The number of nitrogens with zero attached hydrogens (tertiary/aromatic N) is 1. The highest BCUT2D eigenvalue weighted by Crippen LogP contribution is 2.29. The van der Waals surface area contributed by atoms with E-state index in [2.05, 4.69) is 23.5 Å². The summed E-state index contributed by atoms with van der Waals surface area (Å²) in [4.78, 5) is 14.8. The van der Waals surface area contributed by atoms with Gasteiger partial charge in [-0.15, -0.1) is 12.4 Å². The average Bonchev–Trinajstić information content (AvgIpc) is 2.97. The van der Waals surface area contributed by atoms with Gasteiger partial charge in [-0.25, -0.2) is 0 Å². The predicted molar refractivity (Wildman–Crippen MR) is 90.5 cm³/mol. The monoisotopic (exact) mass is 314 g/mol. The molecule has 0 spiro atoms. The van der Waals surface area contributed by atoms with Crippen LogP contribution >= 0.6 is 12.4 Å². The number of fused-ring (bicyclic) bond motifs is 2. The molecular formula is C18H19ClN2O. The van der Waals surface area contributed by atoms with Crippen LogP contribution in [0, 0.1) is 0 Å². The van der Waals surface area contributed by atoms with Gasteiger partial charge < -0.3 is 10.2 Å². The summed E-state index contributed by atoms with van der Waals surface area (Å²) >= 11 is 0. The number of anilines is 1. The van der Waals surface area contributed by atoms with Crippen LogP contribution in [0.4, 0.5) is 5.69 Å². The first-order chi connectivity index (χ1) is 10.3. The SMILES string of the molecule is Cl.O=C(c1cccc2c1CCCN2)N1Cc2ccccc2C1. The van der Waals surface area contributed by atoms with Gasteiger partial charge in [-0.1, -0.05) is 30.3 Å². The summed E-state index contributed by atoms with van der Waals surface area (Å²) in [5.41, 5.74) is 5.73. The van der Waals surface area contributed by atoms with Gasteiger partial charge in [-0.05, 0) is 41.7 Å². The fourth-order valence-electron chi connectivity index (χ4n) is 3.36. The Labute approximate surface area is 136 Å². The third kappa shape index (κ3) is 2.46. The van der Waals surface area contributed by atoms with Gasteiger partial charge in [0.15, 0.2) is 0 Å². The lowest BCUT2D eigenvalue weighted by molar-refractivity contribution is 0.0750. The number of halogens is 1. The molecule has 2 aliphatic heterocycles. The zero-order chi connectivity index (χ0) is 14.2. The topological polar surface area (TPSA) is 32.3 Å². The summed E-state index contributed by atoms with van der Waals surface area (Å²) in [5, 5.41) is 3.39. The zero-order valence-corrected chi connectivity index (χ0v) is 13.2. The van der Waals surface area contributed by atoms with Gasteiger partial charge in [0.25, 0.3) is 5.91 Å². The molecule has 0 radical (unpaired) electrons. The Balaban J connectivity index is 0.00000144. The summed E-state index contributed by atoms with van der Waals surface area (Å²) in [6.07, 6.45) is 2.09. The number of rotatable bonds is 1. The molecule has 0 bridgehead atoms. The molecule has 0 fully saturated rings. The Morgan fingerprint density at radius 3 is 2.45 bits per heavy atom. The fraction of sp³-hybridized carbons (Fsp3) is 0.278. The average molecular weight is 315 g/mol. The molecule has 3 nitrogen and oxygen atoms in total. The van der Waals surface area contributed by atoms with Crippen LogP contribution in [-0.2, 0) is 19.5 Å². The Kier molecular flexibility index (Phi) is 4.08. The van der Waals surface area contributed by atoms with E-state index in [1.807, 2.05) is 29.2 Å². The van der Waals surface area contributed by atoms with E-state index in [1.165, 1.54) is 16.7 Å². The summed E-state index contributed by atoms with van der Waals surface area (Å²) in [6, 6.07) is 14.3. The molecular weight excluding hydrogens is 296 g/mol. The number of hydrogen-bond donors (Lipinski definition) is 1. The van der Waals surface area contributed by atoms with Crippen LogP contribution in [0.5, 0.6) is 0 Å². The van der Waals surface area contributed by atoms with Crippen LogP contribution in [0.3, 0.4) is 0 Å². The highest BCUT2D eigenvalue weighted by molar-refractivity contribution is 5.97. The Morgan fingerprint density at radius 1 is 1.00 bits per heavy atom. The van der Waals surface area contributed by atoms with E-state index in [4.69, 9.17) is 0 Å². The second-order valence-corrected chi connectivity index (χ2v) is 5.79. The number of benzene rings is 2. The van der Waals surface area contributed by atoms with E-state index >= 15 is 0 Å². The lowest BCUT2D eigenvalue weighted by atomic mass is 9.97. The van der Waals surface area contributed by atoms with Gasteiger partial charge in [0, 0.05) is 30.9 Å². The van der Waals surface area contributed by atoms with Crippen molar-refractivity contribution >= 4 is 24.0 Å². The van der Waals surface area contributed by atoms with E-state index in [0.717, 1.165) is 43.7 Å². The molecule has 1 amide bonds. The van der Waals surface area contributed by atoms with Crippen LogP contribution < -0.4 is 5.32 Å². The number of hydrogen-bond acceptors (Lipinski definition) is 2. The van der Waals surface area contributed by atoms with Crippen molar-refractivity contribution in [3.8, 4) is 0 Å². The molecule has 114 valence electrons. The number of carbonyl (C=O) groups is 1. The van der Waals surface area contributed by atoms with E-state index in [0.29, 0.717) is 0 Å². The van der Waals surface area contributed by atoms with Crippen LogP contribution in [0.15, 0.2) is 42.5 Å². The van der Waals surface area contributed by atoms with Crippen molar-refractivity contribution < 1.29 is 4.79 Å². The predicted octanol–water partition coefficient (Wildman–Crippen LogP) is 3.62. The lowest BCUT2D eigenvalue weighted by Crippen LogP contribution is -2.27. The van der Waals surface area contributed by atoms with Crippen LogP contribution in [0.2, 0.25) is 0 Å². The lowest BCUT2D eigenvalue weighted by Gasteiger charge is -2.23. The van der Waals surface area contributed by atoms with Crippen molar-refractivity contribution in [2.75, 3.05) is 11.9 Å². The minimum absolute atomic E-state index is 0. The van der Waals surface area contributed by atoms with E-state index < -0.39 is 0 Å². The maximum Gasteiger partial charge on any atom is 0.254 e. The smallest absolute Gasteiger partial charge is 0.254 e. The highest BCUT2D eigenvalue weighted by Gasteiger charge is 2.26. The van der Waals surface area contributed by atoms with Crippen LogP contribution in [-0.4, -0.2) is 17.4 Å². The maximum absolute atomic E-state index is 12.9. The number of nitrogens with one attached hydrogen (secondary N) is 1. The first-order valence-electron chi connectivity index (χ1n) is 7.55. The molecule has 0 saturated heterocycles. The molecule has 0 unspecified atom stereocenters. The van der Waals surface area contributed by atoms with Crippen LogP contribution in [0.1, 0.15) is 33.5 Å². The molecule has 22 heavy (non-hydrogen) atoms. The van der Waals surface area contributed by atoms with Gasteiger partial charge in [-0.3, -0.25) is 4.79 Å². The molecule has 1 N–H and O–H groups in total. The zero-order valence-electron chi connectivity index (χ0n) is 12.3. The minimum atomic E-state index is 0. The molecule has 2 aromatic rings. The molecule has 4 heteroatoms. The van der Waals surface area contributed by atoms with Crippen LogP contribution in [0.25, 0.3) is 0 Å². The van der Waals surface area contributed by atoms with Gasteiger partial charge in [0.05, 0.1) is 0 Å². The summed E-state index contributed by atoms with van der Waals surface area (Å²) in [7, 11) is 0. The first-order valence-corrected chi connectivity index (χ1v) is 7.55. The van der Waals surface area contributed by atoms with Crippen molar-refractivity contribution in [3.63, 3.8) is 0 Å².